The first-order chi connectivity index (χ1) is 9.68. The van der Waals surface area contributed by atoms with Crippen LogP contribution in [-0.2, 0) is 4.74 Å². The number of pyridine rings is 1. The molecular weight excluding hydrogens is 286 g/mol. The second-order valence-electron chi connectivity index (χ2n) is 3.91. The average Bonchev–Trinajstić information content (AvgIpc) is 2.80. The Labute approximate surface area is 119 Å². The highest BCUT2D eigenvalue weighted by Gasteiger charge is 2.13. The van der Waals surface area contributed by atoms with Crippen LogP contribution in [-0.4, -0.2) is 35.5 Å². The van der Waals surface area contributed by atoms with Crippen molar-refractivity contribution in [2.24, 2.45) is 0 Å². The molecule has 0 bridgehead atoms. The van der Waals surface area contributed by atoms with E-state index in [1.807, 2.05) is 12.1 Å². The fraction of sp³-hybridized carbons (Fsp3) is 0.333. The summed E-state index contributed by atoms with van der Waals surface area (Å²) in [5.41, 5.74) is 7.48. The van der Waals surface area contributed by atoms with Gasteiger partial charge in [-0.3, -0.25) is 4.98 Å². The zero-order valence-corrected chi connectivity index (χ0v) is 11.4. The van der Waals surface area contributed by atoms with Crippen LogP contribution in [0.3, 0.4) is 0 Å². The number of hydrogen-bond donors (Lipinski definition) is 2. The molecule has 0 fully saturated rings. The van der Waals surface area contributed by atoms with E-state index in [1.165, 1.54) is 11.5 Å². The first kappa shape index (κ1) is 14.6. The first-order valence-electron chi connectivity index (χ1n) is 5.93. The van der Waals surface area contributed by atoms with Gasteiger partial charge in [-0.25, -0.2) is 8.78 Å². The molecule has 0 spiro atoms. The van der Waals surface area contributed by atoms with Crippen molar-refractivity contribution in [2.75, 3.05) is 30.8 Å². The zero-order valence-electron chi connectivity index (χ0n) is 10.6. The lowest BCUT2D eigenvalue weighted by molar-refractivity contribution is 0.0215. The molecule has 2 heterocycles. The number of ether oxygens (including phenoxy) is 1. The molecule has 0 saturated heterocycles. The standard InChI is InChI=1S/C12H14F2N4OS/c13-9(14)7-19-5-4-17-12-10(11(15)18-20-12)8-2-1-3-16-6-8/h1-3,6,9,17H,4-5,7H2,(H2,15,18). The van der Waals surface area contributed by atoms with Gasteiger partial charge < -0.3 is 15.8 Å². The summed E-state index contributed by atoms with van der Waals surface area (Å²) in [5, 5.41) is 3.86. The van der Waals surface area contributed by atoms with Gasteiger partial charge in [0.2, 0.25) is 0 Å². The number of aromatic nitrogens is 2. The van der Waals surface area contributed by atoms with Crippen molar-refractivity contribution in [3.05, 3.63) is 24.5 Å². The molecular formula is C12H14F2N4OS. The molecule has 2 aromatic rings. The van der Waals surface area contributed by atoms with Crippen molar-refractivity contribution >= 4 is 22.4 Å². The molecule has 0 saturated carbocycles. The number of nitrogens with one attached hydrogen (secondary N) is 1. The molecule has 3 N–H and O–H groups in total. The molecule has 108 valence electrons. The topological polar surface area (TPSA) is 73.1 Å². The van der Waals surface area contributed by atoms with Crippen LogP contribution in [0.5, 0.6) is 0 Å². The minimum Gasteiger partial charge on any atom is -0.382 e. The molecule has 8 heteroatoms. The third-order valence-corrected chi connectivity index (χ3v) is 3.26. The van der Waals surface area contributed by atoms with Crippen molar-refractivity contribution < 1.29 is 13.5 Å². The molecule has 20 heavy (non-hydrogen) atoms. The Balaban J connectivity index is 1.96. The van der Waals surface area contributed by atoms with E-state index in [0.717, 1.165) is 16.1 Å². The Bertz CT molecular complexity index is 536. The minimum absolute atomic E-state index is 0.189. The minimum atomic E-state index is -2.44. The number of nitrogens with two attached hydrogens (primary N) is 1. The number of nitrogens with zero attached hydrogens (tertiary/aromatic N) is 2. The lowest BCUT2D eigenvalue weighted by Gasteiger charge is -2.07. The molecule has 0 aromatic carbocycles. The van der Waals surface area contributed by atoms with Gasteiger partial charge in [0.1, 0.15) is 17.4 Å². The molecule has 0 atom stereocenters. The van der Waals surface area contributed by atoms with Gasteiger partial charge in [0, 0.05) is 24.5 Å². The Hall–Kier alpha value is -1.80. The van der Waals surface area contributed by atoms with Crippen LogP contribution in [0.2, 0.25) is 0 Å². The van der Waals surface area contributed by atoms with E-state index in [-0.39, 0.29) is 6.61 Å². The van der Waals surface area contributed by atoms with E-state index in [2.05, 4.69) is 14.7 Å². The van der Waals surface area contributed by atoms with E-state index in [1.54, 1.807) is 12.4 Å². The highest BCUT2D eigenvalue weighted by atomic mass is 32.1. The van der Waals surface area contributed by atoms with Crippen LogP contribution in [0.25, 0.3) is 11.1 Å². The van der Waals surface area contributed by atoms with Gasteiger partial charge in [-0.15, -0.1) is 0 Å². The van der Waals surface area contributed by atoms with Crippen molar-refractivity contribution in [1.82, 2.24) is 9.36 Å². The molecule has 0 aliphatic rings. The van der Waals surface area contributed by atoms with Gasteiger partial charge in [0.25, 0.3) is 6.43 Å². The van der Waals surface area contributed by atoms with Crippen LogP contribution in [0.4, 0.5) is 19.6 Å². The quantitative estimate of drug-likeness (QED) is 0.769. The van der Waals surface area contributed by atoms with Crippen molar-refractivity contribution in [1.29, 1.82) is 0 Å². The predicted molar refractivity (Wildman–Crippen MR) is 75.1 cm³/mol. The van der Waals surface area contributed by atoms with Crippen LogP contribution < -0.4 is 11.1 Å². The molecule has 2 rings (SSSR count). The summed E-state index contributed by atoms with van der Waals surface area (Å²) >= 11 is 1.22. The molecule has 0 radical (unpaired) electrons. The maximum Gasteiger partial charge on any atom is 0.261 e. The molecule has 0 amide bonds. The fourth-order valence-electron chi connectivity index (χ4n) is 1.62. The number of alkyl halides is 2. The van der Waals surface area contributed by atoms with E-state index in [4.69, 9.17) is 10.5 Å². The van der Waals surface area contributed by atoms with Crippen LogP contribution in [0.1, 0.15) is 0 Å². The first-order valence-corrected chi connectivity index (χ1v) is 6.71. The van der Waals surface area contributed by atoms with Gasteiger partial charge in [-0.1, -0.05) is 6.07 Å². The van der Waals surface area contributed by atoms with E-state index in [9.17, 15) is 8.78 Å². The highest BCUT2D eigenvalue weighted by molar-refractivity contribution is 7.11. The summed E-state index contributed by atoms with van der Waals surface area (Å²) in [7, 11) is 0. The number of nitrogen functional groups attached to an aromatic ring is 1. The maximum atomic E-state index is 11.9. The number of rotatable bonds is 7. The summed E-state index contributed by atoms with van der Waals surface area (Å²) in [4.78, 5) is 4.04. The van der Waals surface area contributed by atoms with Crippen molar-refractivity contribution in [2.45, 2.75) is 6.43 Å². The van der Waals surface area contributed by atoms with Crippen LogP contribution in [0, 0.1) is 0 Å². The summed E-state index contributed by atoms with van der Waals surface area (Å²) in [6.07, 6.45) is 0.920. The third-order valence-electron chi connectivity index (χ3n) is 2.44. The molecule has 2 aromatic heterocycles. The highest BCUT2D eigenvalue weighted by Crippen LogP contribution is 2.35. The average molecular weight is 300 g/mol. The summed E-state index contributed by atoms with van der Waals surface area (Å²) in [6.45, 7) is 0.0399. The summed E-state index contributed by atoms with van der Waals surface area (Å²) in [5.74, 6) is 0.416. The van der Waals surface area contributed by atoms with E-state index in [0.29, 0.717) is 12.4 Å². The third kappa shape index (κ3) is 3.84. The largest absolute Gasteiger partial charge is 0.382 e. The van der Waals surface area contributed by atoms with Gasteiger partial charge in [0.05, 0.1) is 12.2 Å². The molecule has 5 nitrogen and oxygen atoms in total. The monoisotopic (exact) mass is 300 g/mol. The number of halogens is 2. The Morgan fingerprint density at radius 2 is 2.30 bits per heavy atom. The second kappa shape index (κ2) is 7.11. The Morgan fingerprint density at radius 1 is 1.45 bits per heavy atom. The number of anilines is 2. The van der Waals surface area contributed by atoms with E-state index >= 15 is 0 Å². The lowest BCUT2D eigenvalue weighted by atomic mass is 10.1. The Kier molecular flexibility index (Phi) is 5.19. The van der Waals surface area contributed by atoms with Crippen LogP contribution in [0.15, 0.2) is 24.5 Å². The predicted octanol–water partition coefficient (Wildman–Crippen LogP) is 2.48. The van der Waals surface area contributed by atoms with Gasteiger partial charge in [-0.05, 0) is 17.6 Å². The molecule has 0 aliphatic carbocycles. The lowest BCUT2D eigenvalue weighted by Crippen LogP contribution is -2.12. The fourth-order valence-corrected chi connectivity index (χ4v) is 2.38. The zero-order chi connectivity index (χ0) is 14.4. The van der Waals surface area contributed by atoms with Gasteiger partial charge >= 0.3 is 0 Å². The van der Waals surface area contributed by atoms with Gasteiger partial charge in [0.15, 0.2) is 0 Å². The Morgan fingerprint density at radius 3 is 3.00 bits per heavy atom. The smallest absolute Gasteiger partial charge is 0.261 e. The summed E-state index contributed by atoms with van der Waals surface area (Å²) in [6, 6.07) is 3.69. The SMILES string of the molecule is Nc1nsc(NCCOCC(F)F)c1-c1cccnc1. The summed E-state index contributed by atoms with van der Waals surface area (Å²) < 4.78 is 32.7. The second-order valence-corrected chi connectivity index (χ2v) is 4.68. The molecule has 0 unspecified atom stereocenters. The van der Waals surface area contributed by atoms with E-state index < -0.39 is 13.0 Å². The van der Waals surface area contributed by atoms with Gasteiger partial charge in [-0.2, -0.15) is 4.37 Å². The van der Waals surface area contributed by atoms with Crippen molar-refractivity contribution in [3.63, 3.8) is 0 Å². The molecule has 0 aliphatic heterocycles. The number of hydrogen-bond acceptors (Lipinski definition) is 6. The normalized spacial score (nSPS) is 10.9. The van der Waals surface area contributed by atoms with Crippen LogP contribution >= 0.6 is 11.5 Å². The van der Waals surface area contributed by atoms with Crippen molar-refractivity contribution in [3.8, 4) is 11.1 Å². The maximum absolute atomic E-state index is 11.9.